The van der Waals surface area contributed by atoms with Crippen LogP contribution < -0.4 is 10.6 Å². The van der Waals surface area contributed by atoms with Gasteiger partial charge in [0.25, 0.3) is 5.91 Å². The van der Waals surface area contributed by atoms with E-state index in [1.807, 2.05) is 4.90 Å². The molecule has 1 aromatic carbocycles. The Balaban J connectivity index is 1.87. The molecule has 5 heteroatoms. The van der Waals surface area contributed by atoms with Gasteiger partial charge in [-0.25, -0.2) is 0 Å². The lowest BCUT2D eigenvalue weighted by molar-refractivity contribution is -0.115. The average Bonchev–Trinajstić information content (AvgIpc) is 2.56. The molecule has 0 radical (unpaired) electrons. The molecule has 2 rings (SSSR count). The van der Waals surface area contributed by atoms with Crippen LogP contribution in [0, 0.1) is 5.92 Å². The zero-order chi connectivity index (χ0) is 16.7. The maximum Gasteiger partial charge on any atom is 0.253 e. The van der Waals surface area contributed by atoms with Crippen LogP contribution in [0.1, 0.15) is 30.1 Å². The van der Waals surface area contributed by atoms with Crippen molar-refractivity contribution >= 4 is 17.5 Å². The number of piperidine rings is 1. The van der Waals surface area contributed by atoms with Gasteiger partial charge < -0.3 is 15.5 Å². The third-order valence-electron chi connectivity index (χ3n) is 4.06. The molecule has 0 aromatic heterocycles. The predicted molar refractivity (Wildman–Crippen MR) is 92.4 cm³/mol. The number of carbonyl (C=O) groups excluding carboxylic acids is 2. The van der Waals surface area contributed by atoms with E-state index in [0.717, 1.165) is 25.9 Å². The lowest BCUT2D eigenvalue weighted by atomic mass is 9.98. The second-order valence-electron chi connectivity index (χ2n) is 6.02. The first-order valence-corrected chi connectivity index (χ1v) is 8.11. The minimum atomic E-state index is -0.115. The van der Waals surface area contributed by atoms with E-state index in [1.165, 1.54) is 0 Å². The quantitative estimate of drug-likeness (QED) is 0.625. The molecule has 0 saturated carbocycles. The first-order valence-electron chi connectivity index (χ1n) is 8.11. The Morgan fingerprint density at radius 1 is 1.26 bits per heavy atom. The Morgan fingerprint density at radius 2 is 1.91 bits per heavy atom. The number of hydrogen-bond donors (Lipinski definition) is 2. The van der Waals surface area contributed by atoms with Crippen LogP contribution in [0.4, 0.5) is 5.69 Å². The summed E-state index contributed by atoms with van der Waals surface area (Å²) in [5, 5.41) is 5.73. The van der Waals surface area contributed by atoms with E-state index < -0.39 is 0 Å². The largest absolute Gasteiger partial charge is 0.339 e. The van der Waals surface area contributed by atoms with Gasteiger partial charge in [-0.2, -0.15) is 0 Å². The van der Waals surface area contributed by atoms with Gasteiger partial charge in [-0.1, -0.05) is 13.0 Å². The van der Waals surface area contributed by atoms with E-state index >= 15 is 0 Å². The summed E-state index contributed by atoms with van der Waals surface area (Å²) >= 11 is 0. The molecule has 0 atom stereocenters. The van der Waals surface area contributed by atoms with E-state index in [9.17, 15) is 9.59 Å². The van der Waals surface area contributed by atoms with E-state index in [4.69, 9.17) is 0 Å². The van der Waals surface area contributed by atoms with E-state index in [0.29, 0.717) is 23.7 Å². The van der Waals surface area contributed by atoms with Gasteiger partial charge in [-0.15, -0.1) is 6.58 Å². The maximum atomic E-state index is 12.4. The summed E-state index contributed by atoms with van der Waals surface area (Å²) in [7, 11) is 0. The predicted octanol–water partition coefficient (Wildman–Crippen LogP) is 2.27. The van der Waals surface area contributed by atoms with Crippen LogP contribution in [0.25, 0.3) is 0 Å². The molecule has 1 saturated heterocycles. The summed E-state index contributed by atoms with van der Waals surface area (Å²) in [6.45, 7) is 8.29. The number of likely N-dealkylation sites (tertiary alicyclic amines) is 1. The van der Waals surface area contributed by atoms with Crippen molar-refractivity contribution in [1.29, 1.82) is 0 Å². The monoisotopic (exact) mass is 315 g/mol. The third kappa shape index (κ3) is 5.21. The van der Waals surface area contributed by atoms with E-state index in [-0.39, 0.29) is 18.4 Å². The van der Waals surface area contributed by atoms with Crippen LogP contribution >= 0.6 is 0 Å². The fourth-order valence-electron chi connectivity index (χ4n) is 2.58. The van der Waals surface area contributed by atoms with Crippen LogP contribution in [0.15, 0.2) is 36.9 Å². The smallest absolute Gasteiger partial charge is 0.253 e. The summed E-state index contributed by atoms with van der Waals surface area (Å²) < 4.78 is 0. The Hall–Kier alpha value is -2.14. The van der Waals surface area contributed by atoms with Gasteiger partial charge in [-0.3, -0.25) is 9.59 Å². The van der Waals surface area contributed by atoms with Crippen molar-refractivity contribution < 1.29 is 9.59 Å². The SMILES string of the molecule is C=CCNCC(=O)Nc1ccc(C(=O)N2CCC(C)CC2)cc1. The van der Waals surface area contributed by atoms with Crippen LogP contribution in [-0.2, 0) is 4.79 Å². The first kappa shape index (κ1) is 17.2. The summed E-state index contributed by atoms with van der Waals surface area (Å²) in [5.41, 5.74) is 1.36. The molecule has 124 valence electrons. The highest BCUT2D eigenvalue weighted by molar-refractivity contribution is 5.96. The van der Waals surface area contributed by atoms with Gasteiger partial charge in [0, 0.05) is 30.9 Å². The van der Waals surface area contributed by atoms with Crippen LogP contribution in [0.5, 0.6) is 0 Å². The highest BCUT2D eigenvalue weighted by atomic mass is 16.2. The Labute approximate surface area is 137 Å². The molecule has 1 heterocycles. The molecule has 0 unspecified atom stereocenters. The second-order valence-corrected chi connectivity index (χ2v) is 6.02. The Morgan fingerprint density at radius 3 is 2.52 bits per heavy atom. The molecule has 2 amide bonds. The number of nitrogens with zero attached hydrogens (tertiary/aromatic N) is 1. The molecule has 1 aliphatic rings. The van der Waals surface area contributed by atoms with Crippen molar-refractivity contribution in [2.24, 2.45) is 5.92 Å². The standard InChI is InChI=1S/C18H25N3O2/c1-3-10-19-13-17(22)20-16-6-4-15(5-7-16)18(23)21-11-8-14(2)9-12-21/h3-7,14,19H,1,8-13H2,2H3,(H,20,22). The summed E-state index contributed by atoms with van der Waals surface area (Å²) in [6.07, 6.45) is 3.84. The van der Waals surface area contributed by atoms with Gasteiger partial charge in [-0.05, 0) is 43.0 Å². The van der Waals surface area contributed by atoms with E-state index in [2.05, 4.69) is 24.1 Å². The number of amides is 2. The van der Waals surface area contributed by atoms with E-state index in [1.54, 1.807) is 30.3 Å². The Kier molecular flexibility index (Phi) is 6.35. The normalized spacial score (nSPS) is 15.3. The van der Waals surface area contributed by atoms with Crippen molar-refractivity contribution in [3.05, 3.63) is 42.5 Å². The van der Waals surface area contributed by atoms with Crippen molar-refractivity contribution in [3.8, 4) is 0 Å². The van der Waals surface area contributed by atoms with Gasteiger partial charge in [0.2, 0.25) is 5.91 Å². The van der Waals surface area contributed by atoms with Crippen LogP contribution in [0.2, 0.25) is 0 Å². The molecular formula is C18H25N3O2. The minimum Gasteiger partial charge on any atom is -0.339 e. The summed E-state index contributed by atoms with van der Waals surface area (Å²) in [5.74, 6) is 0.657. The van der Waals surface area contributed by atoms with Gasteiger partial charge in [0.1, 0.15) is 0 Å². The highest BCUT2D eigenvalue weighted by Crippen LogP contribution is 2.19. The van der Waals surface area contributed by atoms with Gasteiger partial charge in [0.05, 0.1) is 6.54 Å². The molecule has 1 aliphatic heterocycles. The number of anilines is 1. The zero-order valence-electron chi connectivity index (χ0n) is 13.7. The fourth-order valence-corrected chi connectivity index (χ4v) is 2.58. The molecule has 23 heavy (non-hydrogen) atoms. The topological polar surface area (TPSA) is 61.4 Å². The lowest BCUT2D eigenvalue weighted by Gasteiger charge is -2.30. The first-order chi connectivity index (χ1) is 11.1. The fraction of sp³-hybridized carbons (Fsp3) is 0.444. The molecule has 0 bridgehead atoms. The molecule has 5 nitrogen and oxygen atoms in total. The van der Waals surface area contributed by atoms with Gasteiger partial charge in [0.15, 0.2) is 0 Å². The number of carbonyl (C=O) groups is 2. The average molecular weight is 315 g/mol. The molecule has 1 fully saturated rings. The lowest BCUT2D eigenvalue weighted by Crippen LogP contribution is -2.37. The molecule has 1 aromatic rings. The molecule has 0 spiro atoms. The van der Waals surface area contributed by atoms with Crippen LogP contribution in [0.3, 0.4) is 0 Å². The van der Waals surface area contributed by atoms with Crippen molar-refractivity contribution in [2.45, 2.75) is 19.8 Å². The summed E-state index contributed by atoms with van der Waals surface area (Å²) in [6, 6.07) is 7.08. The van der Waals surface area contributed by atoms with Crippen molar-refractivity contribution in [1.82, 2.24) is 10.2 Å². The second kappa shape index (κ2) is 8.48. The minimum absolute atomic E-state index is 0.0717. The number of nitrogens with one attached hydrogen (secondary N) is 2. The third-order valence-corrected chi connectivity index (χ3v) is 4.06. The molecule has 0 aliphatic carbocycles. The maximum absolute atomic E-state index is 12.4. The number of hydrogen-bond acceptors (Lipinski definition) is 3. The number of benzene rings is 1. The van der Waals surface area contributed by atoms with Crippen molar-refractivity contribution in [2.75, 3.05) is 31.5 Å². The molecule has 2 N–H and O–H groups in total. The Bertz CT molecular complexity index is 546. The van der Waals surface area contributed by atoms with Crippen molar-refractivity contribution in [3.63, 3.8) is 0 Å². The van der Waals surface area contributed by atoms with Gasteiger partial charge >= 0.3 is 0 Å². The van der Waals surface area contributed by atoms with Crippen LogP contribution in [-0.4, -0.2) is 42.9 Å². The summed E-state index contributed by atoms with van der Waals surface area (Å²) in [4.78, 5) is 26.0. The molecular weight excluding hydrogens is 290 g/mol. The zero-order valence-corrected chi connectivity index (χ0v) is 13.7. The highest BCUT2D eigenvalue weighted by Gasteiger charge is 2.21. The number of rotatable bonds is 6.